The Kier molecular flexibility index (Phi) is 8.10. The maximum Gasteiger partial charge on any atom is 0.280 e. The van der Waals surface area contributed by atoms with E-state index in [1.165, 1.54) is 0 Å². The van der Waals surface area contributed by atoms with Gasteiger partial charge < -0.3 is 21.5 Å². The Morgan fingerprint density at radius 3 is 2.59 bits per heavy atom. The largest absolute Gasteiger partial charge is 0.484 e. The molecule has 0 unspecified atom stereocenters. The van der Waals surface area contributed by atoms with Gasteiger partial charge in [-0.2, -0.15) is 0 Å². The first-order chi connectivity index (χ1) is 13.8. The van der Waals surface area contributed by atoms with Gasteiger partial charge in [-0.1, -0.05) is 12.1 Å². The summed E-state index contributed by atoms with van der Waals surface area (Å²) in [6.07, 6.45) is 2.48. The van der Waals surface area contributed by atoms with Crippen LogP contribution >= 0.6 is 11.6 Å². The zero-order valence-corrected chi connectivity index (χ0v) is 16.2. The van der Waals surface area contributed by atoms with E-state index in [-0.39, 0.29) is 29.4 Å². The molecule has 2 amide bonds. The summed E-state index contributed by atoms with van der Waals surface area (Å²) in [7, 11) is 0. The van der Waals surface area contributed by atoms with Gasteiger partial charge in [-0.3, -0.25) is 20.3 Å². The third-order valence-corrected chi connectivity index (χ3v) is 3.80. The quantitative estimate of drug-likeness (QED) is 0.217. The van der Waals surface area contributed by atoms with Gasteiger partial charge >= 0.3 is 0 Å². The molecule has 1 heterocycles. The number of guanidine groups is 1. The lowest BCUT2D eigenvalue weighted by Gasteiger charge is -2.10. The normalized spacial score (nSPS) is 10.2. The topological polar surface area (TPSA) is 182 Å². The number of hydrogen-bond acceptors (Lipinski definition) is 8. The van der Waals surface area contributed by atoms with Gasteiger partial charge in [0, 0.05) is 6.54 Å². The van der Waals surface area contributed by atoms with Gasteiger partial charge in [0.2, 0.25) is 5.28 Å². The number of nitrogens with two attached hydrogens (primary N) is 2. The minimum Gasteiger partial charge on any atom is -0.484 e. The number of nitrogen functional groups attached to an aromatic ring is 1. The van der Waals surface area contributed by atoms with Crippen LogP contribution in [0.15, 0.2) is 24.3 Å². The zero-order valence-electron chi connectivity index (χ0n) is 15.4. The second kappa shape index (κ2) is 10.8. The number of hydrogen-bond donors (Lipinski definition) is 5. The Bertz CT molecular complexity index is 875. The van der Waals surface area contributed by atoms with Crippen LogP contribution in [-0.2, 0) is 11.2 Å². The highest BCUT2D eigenvalue weighted by Gasteiger charge is 2.15. The Morgan fingerprint density at radius 1 is 1.17 bits per heavy atom. The molecule has 0 aliphatic carbocycles. The van der Waals surface area contributed by atoms with Gasteiger partial charge in [-0.05, 0) is 48.6 Å². The molecule has 0 saturated carbocycles. The molecule has 0 fully saturated rings. The first-order valence-electron chi connectivity index (χ1n) is 8.64. The molecule has 0 saturated heterocycles. The molecule has 0 bridgehead atoms. The molecule has 7 N–H and O–H groups in total. The van der Waals surface area contributed by atoms with Crippen LogP contribution in [0.4, 0.5) is 5.82 Å². The van der Waals surface area contributed by atoms with Crippen LogP contribution in [-0.4, -0.2) is 46.1 Å². The molecule has 1 aromatic heterocycles. The van der Waals surface area contributed by atoms with E-state index in [0.29, 0.717) is 12.3 Å². The number of halogens is 1. The summed E-state index contributed by atoms with van der Waals surface area (Å²) in [6.45, 7) is 0.345. The highest BCUT2D eigenvalue weighted by Crippen LogP contribution is 2.13. The van der Waals surface area contributed by atoms with E-state index in [9.17, 15) is 9.59 Å². The minimum absolute atomic E-state index is 0.152. The minimum atomic E-state index is -0.699. The van der Waals surface area contributed by atoms with Crippen molar-refractivity contribution in [3.8, 4) is 5.75 Å². The van der Waals surface area contributed by atoms with Crippen molar-refractivity contribution in [2.75, 3.05) is 18.9 Å². The monoisotopic (exact) mass is 420 g/mol. The number of anilines is 1. The van der Waals surface area contributed by atoms with Crippen LogP contribution in [0.1, 0.15) is 28.9 Å². The van der Waals surface area contributed by atoms with Gasteiger partial charge in [-0.15, -0.1) is 10.2 Å². The molecular weight excluding hydrogens is 400 g/mol. The van der Waals surface area contributed by atoms with Crippen molar-refractivity contribution in [1.82, 2.24) is 25.8 Å². The van der Waals surface area contributed by atoms with Crippen molar-refractivity contribution >= 4 is 35.2 Å². The highest BCUT2D eigenvalue weighted by atomic mass is 35.5. The van der Waals surface area contributed by atoms with E-state index < -0.39 is 11.8 Å². The summed E-state index contributed by atoms with van der Waals surface area (Å²) in [6, 6.07) is 7.39. The Hall–Kier alpha value is -3.47. The van der Waals surface area contributed by atoms with Crippen molar-refractivity contribution in [2.45, 2.75) is 19.3 Å². The Balaban J connectivity index is 1.66. The van der Waals surface area contributed by atoms with Gasteiger partial charge in [0.25, 0.3) is 11.8 Å². The molecule has 2 rings (SSSR count). The fourth-order valence-corrected chi connectivity index (χ4v) is 2.40. The van der Waals surface area contributed by atoms with Crippen LogP contribution in [0.2, 0.25) is 5.28 Å². The maximum absolute atomic E-state index is 12.0. The molecule has 1 aromatic carbocycles. The first kappa shape index (κ1) is 21.8. The van der Waals surface area contributed by atoms with Crippen LogP contribution in [0, 0.1) is 5.41 Å². The lowest BCUT2D eigenvalue weighted by Crippen LogP contribution is -2.41. The number of nitrogens with one attached hydrogen (secondary N) is 3. The Morgan fingerprint density at radius 2 is 1.90 bits per heavy atom. The lowest BCUT2D eigenvalue weighted by molar-refractivity contribution is -0.119. The lowest BCUT2D eigenvalue weighted by atomic mass is 10.1. The smallest absolute Gasteiger partial charge is 0.280 e. The van der Waals surface area contributed by atoms with E-state index in [2.05, 4.69) is 25.8 Å². The number of ether oxygens (including phenoxy) is 1. The molecule has 0 radical (unpaired) electrons. The van der Waals surface area contributed by atoms with Crippen LogP contribution in [0.25, 0.3) is 0 Å². The molecule has 0 spiro atoms. The molecule has 0 atom stereocenters. The number of benzene rings is 1. The zero-order chi connectivity index (χ0) is 21.2. The van der Waals surface area contributed by atoms with Gasteiger partial charge in [0.1, 0.15) is 5.75 Å². The number of carbonyl (C=O) groups excluding carboxylic acids is 2. The van der Waals surface area contributed by atoms with E-state index >= 15 is 0 Å². The predicted molar refractivity (Wildman–Crippen MR) is 107 cm³/mol. The average molecular weight is 421 g/mol. The van der Waals surface area contributed by atoms with Crippen molar-refractivity contribution in [2.24, 2.45) is 5.73 Å². The third-order valence-electron chi connectivity index (χ3n) is 3.64. The average Bonchev–Trinajstić information content (AvgIpc) is 2.68. The highest BCUT2D eigenvalue weighted by molar-refractivity contribution is 6.28. The van der Waals surface area contributed by atoms with E-state index in [1.807, 2.05) is 12.1 Å². The number of aryl methyl sites for hydroxylation is 1. The fourth-order valence-electron chi connectivity index (χ4n) is 2.27. The second-order valence-electron chi connectivity index (χ2n) is 5.93. The summed E-state index contributed by atoms with van der Waals surface area (Å²) in [5, 5.41) is 19.6. The molecule has 2 aromatic rings. The van der Waals surface area contributed by atoms with E-state index in [4.69, 9.17) is 33.2 Å². The van der Waals surface area contributed by atoms with Gasteiger partial charge in [-0.25, -0.2) is 4.98 Å². The number of carbonyl (C=O) groups is 2. The summed E-state index contributed by atoms with van der Waals surface area (Å²) in [5.41, 5.74) is 11.5. The number of primary amides is 1. The summed E-state index contributed by atoms with van der Waals surface area (Å²) < 4.78 is 5.20. The molecule has 11 nitrogen and oxygen atoms in total. The molecule has 0 aliphatic heterocycles. The van der Waals surface area contributed by atoms with E-state index in [1.54, 1.807) is 12.1 Å². The maximum atomic E-state index is 12.0. The van der Waals surface area contributed by atoms with Crippen molar-refractivity contribution in [3.05, 3.63) is 40.8 Å². The Labute approximate surface area is 171 Å². The first-order valence-corrected chi connectivity index (χ1v) is 9.02. The molecule has 0 aliphatic rings. The number of aromatic nitrogens is 3. The molecule has 154 valence electrons. The van der Waals surface area contributed by atoms with Crippen LogP contribution in [0.5, 0.6) is 5.75 Å². The van der Waals surface area contributed by atoms with E-state index in [0.717, 1.165) is 24.8 Å². The van der Waals surface area contributed by atoms with Crippen LogP contribution in [0.3, 0.4) is 0 Å². The summed E-state index contributed by atoms with van der Waals surface area (Å²) >= 11 is 5.59. The number of nitrogens with zero attached hydrogens (tertiary/aromatic N) is 3. The van der Waals surface area contributed by atoms with Crippen LogP contribution < -0.4 is 26.8 Å². The SMILES string of the molecule is N=C(NCCCCc1ccc(OCC(N)=O)cc1)NC(=O)c1nc(Cl)nnc1N. The summed E-state index contributed by atoms with van der Waals surface area (Å²) in [5.74, 6) is -0.996. The van der Waals surface area contributed by atoms with Crippen molar-refractivity contribution in [3.63, 3.8) is 0 Å². The third kappa shape index (κ3) is 7.58. The van der Waals surface area contributed by atoms with Gasteiger partial charge in [0.15, 0.2) is 24.1 Å². The molecule has 29 heavy (non-hydrogen) atoms. The van der Waals surface area contributed by atoms with Gasteiger partial charge in [0.05, 0.1) is 0 Å². The summed E-state index contributed by atoms with van der Waals surface area (Å²) in [4.78, 5) is 26.4. The predicted octanol–water partition coefficient (Wildman–Crippen LogP) is 0.248. The number of amides is 2. The molecular formula is C17H21ClN8O3. The molecule has 12 heteroatoms. The number of unbranched alkanes of at least 4 members (excludes halogenated alkanes) is 1. The van der Waals surface area contributed by atoms with Crippen molar-refractivity contribution in [1.29, 1.82) is 5.41 Å². The standard InChI is InChI=1S/C17H21ClN8O3/c18-16-23-13(14(20)25-26-16)15(28)24-17(21)22-8-2-1-3-10-4-6-11(7-5-10)29-9-12(19)27/h4-7H,1-3,8-9H2,(H2,19,27)(H2,20,25)(H3,21,22,24,28). The fraction of sp³-hybridized carbons (Fsp3) is 0.294. The number of rotatable bonds is 9. The second-order valence-corrected chi connectivity index (χ2v) is 6.26. The van der Waals surface area contributed by atoms with Crippen molar-refractivity contribution < 1.29 is 14.3 Å².